The number of alkyl halides is 3. The molecule has 0 radical (unpaired) electrons. The van der Waals surface area contributed by atoms with Crippen LogP contribution in [0.25, 0.3) is 0 Å². The maximum absolute atomic E-state index is 12.3. The Morgan fingerprint density at radius 3 is 2.62 bits per heavy atom. The number of nitrogens with zero attached hydrogens (tertiary/aromatic N) is 1. The van der Waals surface area contributed by atoms with E-state index in [0.29, 0.717) is 9.26 Å². The van der Waals surface area contributed by atoms with Crippen LogP contribution >= 0.6 is 45.8 Å². The highest BCUT2D eigenvalue weighted by molar-refractivity contribution is 14.1. The summed E-state index contributed by atoms with van der Waals surface area (Å²) >= 11 is 13.0. The fraction of sp³-hybridized carbons (Fsp3) is 0.286. The van der Waals surface area contributed by atoms with Crippen molar-refractivity contribution in [2.75, 3.05) is 0 Å². The zero-order chi connectivity index (χ0) is 10.0. The van der Waals surface area contributed by atoms with Crippen LogP contribution in [0.15, 0.2) is 6.20 Å². The van der Waals surface area contributed by atoms with E-state index in [4.69, 9.17) is 23.2 Å². The minimum Gasteiger partial charge on any atom is -0.258 e. The highest BCUT2D eigenvalue weighted by Gasteiger charge is 2.16. The molecule has 0 aliphatic carbocycles. The lowest BCUT2D eigenvalue weighted by molar-refractivity contribution is 0.150. The van der Waals surface area contributed by atoms with Gasteiger partial charge in [0.2, 0.25) is 0 Å². The van der Waals surface area contributed by atoms with E-state index in [9.17, 15) is 8.78 Å². The summed E-state index contributed by atoms with van der Waals surface area (Å²) in [6.45, 7) is 0. The first-order chi connectivity index (χ1) is 6.07. The van der Waals surface area contributed by atoms with Gasteiger partial charge in [0.1, 0.15) is 0 Å². The number of hydrogen-bond acceptors (Lipinski definition) is 1. The maximum atomic E-state index is 12.3. The highest BCUT2D eigenvalue weighted by Crippen LogP contribution is 2.31. The highest BCUT2D eigenvalue weighted by atomic mass is 127. The molecule has 0 aliphatic heterocycles. The smallest absolute Gasteiger partial charge is 0.258 e. The Bertz CT molecular complexity index is 320. The van der Waals surface area contributed by atoms with Gasteiger partial charge in [-0.2, -0.15) is 0 Å². The Kier molecular flexibility index (Phi) is 4.12. The quantitative estimate of drug-likeness (QED) is 0.587. The van der Waals surface area contributed by atoms with Crippen molar-refractivity contribution in [2.45, 2.75) is 12.3 Å². The molecule has 0 saturated carbocycles. The van der Waals surface area contributed by atoms with E-state index in [-0.39, 0.29) is 16.5 Å². The molecule has 0 unspecified atom stereocenters. The summed E-state index contributed by atoms with van der Waals surface area (Å²) in [6.07, 6.45) is -1.45. The van der Waals surface area contributed by atoms with Crippen molar-refractivity contribution in [1.29, 1.82) is 0 Å². The van der Waals surface area contributed by atoms with Gasteiger partial charge in [-0.15, -0.1) is 11.6 Å². The summed E-state index contributed by atoms with van der Waals surface area (Å²) in [7, 11) is 0. The van der Waals surface area contributed by atoms with Crippen LogP contribution < -0.4 is 0 Å². The molecule has 0 amide bonds. The SMILES string of the molecule is FC(F)c1cnc(CCl)c(Cl)c1I. The molecule has 1 aromatic heterocycles. The standard InChI is InChI=1S/C7H4Cl2F2IN/c8-1-4-5(9)6(12)3(2-13-4)7(10)11/h2,7H,1H2. The molecule has 6 heteroatoms. The Balaban J connectivity index is 3.23. The third kappa shape index (κ3) is 2.41. The average molecular weight is 338 g/mol. The average Bonchev–Trinajstić information content (AvgIpc) is 2.09. The second kappa shape index (κ2) is 4.70. The van der Waals surface area contributed by atoms with E-state index >= 15 is 0 Å². The van der Waals surface area contributed by atoms with Crippen LogP contribution in [0, 0.1) is 3.57 Å². The van der Waals surface area contributed by atoms with Gasteiger partial charge in [-0.3, -0.25) is 4.98 Å². The van der Waals surface area contributed by atoms with Gasteiger partial charge in [0.15, 0.2) is 0 Å². The van der Waals surface area contributed by atoms with E-state index in [1.165, 1.54) is 0 Å². The fourth-order valence-corrected chi connectivity index (χ4v) is 1.94. The molecule has 1 nitrogen and oxygen atoms in total. The minimum absolute atomic E-state index is 0.123. The molecule has 0 atom stereocenters. The second-order valence-corrected chi connectivity index (χ2v) is 3.95. The van der Waals surface area contributed by atoms with Crippen LogP contribution in [0.5, 0.6) is 0 Å². The van der Waals surface area contributed by atoms with E-state index in [2.05, 4.69) is 4.98 Å². The second-order valence-electron chi connectivity index (χ2n) is 2.22. The third-order valence-electron chi connectivity index (χ3n) is 1.42. The van der Waals surface area contributed by atoms with E-state index in [0.717, 1.165) is 6.20 Å². The normalized spacial score (nSPS) is 10.9. The van der Waals surface area contributed by atoms with Crippen LogP contribution in [0.4, 0.5) is 8.78 Å². The lowest BCUT2D eigenvalue weighted by Crippen LogP contribution is -1.97. The van der Waals surface area contributed by atoms with Crippen molar-refractivity contribution >= 4 is 45.8 Å². The molecule has 0 spiro atoms. The zero-order valence-electron chi connectivity index (χ0n) is 6.20. The van der Waals surface area contributed by atoms with Gasteiger partial charge >= 0.3 is 0 Å². The zero-order valence-corrected chi connectivity index (χ0v) is 9.87. The van der Waals surface area contributed by atoms with Crippen LogP contribution in [-0.2, 0) is 5.88 Å². The lowest BCUT2D eigenvalue weighted by Gasteiger charge is -2.06. The minimum atomic E-state index is -2.55. The summed E-state index contributed by atoms with van der Waals surface area (Å²) in [4.78, 5) is 3.73. The topological polar surface area (TPSA) is 12.9 Å². The number of rotatable bonds is 2. The summed E-state index contributed by atoms with van der Waals surface area (Å²) in [6, 6.07) is 0. The predicted octanol–water partition coefficient (Wildman–Crippen LogP) is 4.02. The summed E-state index contributed by atoms with van der Waals surface area (Å²) in [5, 5.41) is 0.216. The first-order valence-electron chi connectivity index (χ1n) is 3.24. The predicted molar refractivity (Wildman–Crippen MR) is 56.5 cm³/mol. The van der Waals surface area contributed by atoms with Gasteiger partial charge in [0.05, 0.1) is 22.2 Å². The van der Waals surface area contributed by atoms with E-state index in [1.54, 1.807) is 22.6 Å². The molecule has 0 N–H and O–H groups in total. The number of aromatic nitrogens is 1. The van der Waals surface area contributed by atoms with E-state index in [1.807, 2.05) is 0 Å². The van der Waals surface area contributed by atoms with Crippen molar-refractivity contribution in [2.24, 2.45) is 0 Å². The van der Waals surface area contributed by atoms with Gasteiger partial charge in [-0.05, 0) is 22.6 Å². The molecule has 0 fully saturated rings. The molecule has 13 heavy (non-hydrogen) atoms. The fourth-order valence-electron chi connectivity index (χ4n) is 0.760. The number of pyridine rings is 1. The molecular formula is C7H4Cl2F2IN. The Morgan fingerprint density at radius 1 is 1.54 bits per heavy atom. The van der Waals surface area contributed by atoms with Gasteiger partial charge in [0, 0.05) is 9.77 Å². The van der Waals surface area contributed by atoms with Gasteiger partial charge in [0.25, 0.3) is 6.43 Å². The molecule has 1 heterocycles. The van der Waals surface area contributed by atoms with Crippen LogP contribution in [0.3, 0.4) is 0 Å². The third-order valence-corrected chi connectivity index (χ3v) is 3.56. The molecule has 0 aliphatic rings. The molecule has 1 aromatic rings. The van der Waals surface area contributed by atoms with Crippen molar-refractivity contribution in [3.8, 4) is 0 Å². The molecule has 72 valence electrons. The van der Waals surface area contributed by atoms with Crippen LogP contribution in [-0.4, -0.2) is 4.98 Å². The Hall–Kier alpha value is 0.320. The molecule has 0 bridgehead atoms. The largest absolute Gasteiger partial charge is 0.266 e. The Morgan fingerprint density at radius 2 is 2.15 bits per heavy atom. The Labute approximate surface area is 97.6 Å². The lowest BCUT2D eigenvalue weighted by atomic mass is 10.2. The first kappa shape index (κ1) is 11.4. The van der Waals surface area contributed by atoms with Crippen molar-refractivity contribution in [1.82, 2.24) is 4.98 Å². The molecular weight excluding hydrogens is 334 g/mol. The van der Waals surface area contributed by atoms with Gasteiger partial charge < -0.3 is 0 Å². The number of hydrogen-bond donors (Lipinski definition) is 0. The summed E-state index contributed by atoms with van der Waals surface area (Å²) in [5.74, 6) is 0.123. The van der Waals surface area contributed by atoms with Gasteiger partial charge in [-0.25, -0.2) is 8.78 Å². The van der Waals surface area contributed by atoms with Gasteiger partial charge in [-0.1, -0.05) is 11.6 Å². The number of halogens is 5. The van der Waals surface area contributed by atoms with Crippen LogP contribution in [0.2, 0.25) is 5.02 Å². The molecule has 0 saturated heterocycles. The molecule has 0 aromatic carbocycles. The first-order valence-corrected chi connectivity index (χ1v) is 5.24. The summed E-state index contributed by atoms with van der Waals surface area (Å²) < 4.78 is 24.9. The van der Waals surface area contributed by atoms with Crippen LogP contribution in [0.1, 0.15) is 17.7 Å². The van der Waals surface area contributed by atoms with Crippen molar-refractivity contribution in [3.05, 3.63) is 26.0 Å². The molecule has 1 rings (SSSR count). The van der Waals surface area contributed by atoms with Crippen molar-refractivity contribution in [3.63, 3.8) is 0 Å². The van der Waals surface area contributed by atoms with E-state index < -0.39 is 6.43 Å². The maximum Gasteiger partial charge on any atom is 0.266 e. The monoisotopic (exact) mass is 337 g/mol. The van der Waals surface area contributed by atoms with Crippen molar-refractivity contribution < 1.29 is 8.78 Å². The summed E-state index contributed by atoms with van der Waals surface area (Å²) in [5.41, 5.74) is 0.275.